The van der Waals surface area contributed by atoms with Crippen LogP contribution in [0.2, 0.25) is 0 Å². The molecular formula is C27H40F2. The molecule has 0 spiro atoms. The zero-order valence-electron chi connectivity index (χ0n) is 18.6. The number of hydrogen-bond donors (Lipinski definition) is 0. The lowest BCUT2D eigenvalue weighted by Gasteiger charge is -2.38. The van der Waals surface area contributed by atoms with Crippen LogP contribution in [0.15, 0.2) is 30.1 Å². The molecule has 0 nitrogen and oxygen atoms in total. The maximum absolute atomic E-state index is 14.3. The van der Waals surface area contributed by atoms with Gasteiger partial charge in [0.05, 0.1) is 0 Å². The van der Waals surface area contributed by atoms with Crippen LogP contribution in [0, 0.1) is 17.8 Å². The van der Waals surface area contributed by atoms with Gasteiger partial charge in [-0.05, 0) is 74.2 Å². The molecule has 0 amide bonds. The summed E-state index contributed by atoms with van der Waals surface area (Å²) in [5.41, 5.74) is 1.69. The van der Waals surface area contributed by atoms with Crippen LogP contribution in [0.5, 0.6) is 0 Å². The van der Waals surface area contributed by atoms with Crippen molar-refractivity contribution in [2.75, 3.05) is 0 Å². The van der Waals surface area contributed by atoms with Crippen LogP contribution in [0.4, 0.5) is 8.78 Å². The topological polar surface area (TPSA) is 0 Å². The summed E-state index contributed by atoms with van der Waals surface area (Å²) in [5.74, 6) is 2.18. The van der Waals surface area contributed by atoms with Gasteiger partial charge in [0.25, 0.3) is 0 Å². The highest BCUT2D eigenvalue weighted by molar-refractivity contribution is 5.61. The molecule has 1 aromatic carbocycles. The SMILES string of the molecule is CCCC/C(F)=C(\F)c1ccc(C2CCC(C3CCC(CCC)CC3)CC2)cc1. The average molecular weight is 403 g/mol. The van der Waals surface area contributed by atoms with Crippen LogP contribution in [0.3, 0.4) is 0 Å². The predicted octanol–water partition coefficient (Wildman–Crippen LogP) is 9.36. The number of unbranched alkanes of at least 4 members (excludes halogenated alkanes) is 1. The first-order valence-electron chi connectivity index (χ1n) is 12.3. The van der Waals surface area contributed by atoms with Crippen molar-refractivity contribution in [3.8, 4) is 0 Å². The molecule has 1 aromatic rings. The van der Waals surface area contributed by atoms with E-state index >= 15 is 0 Å². The standard InChI is InChI=1S/C27H40F2/c1-3-5-7-26(28)27(29)25-18-16-24(17-19-25)23-14-12-22(13-15-23)21-10-8-20(6-4-2)9-11-21/h16-23H,3-15H2,1-2H3/b27-26+. The van der Waals surface area contributed by atoms with Gasteiger partial charge in [-0.3, -0.25) is 0 Å². The molecule has 2 heteroatoms. The van der Waals surface area contributed by atoms with Gasteiger partial charge in [0.1, 0.15) is 5.83 Å². The summed E-state index contributed by atoms with van der Waals surface area (Å²) < 4.78 is 28.2. The summed E-state index contributed by atoms with van der Waals surface area (Å²) in [4.78, 5) is 0. The van der Waals surface area contributed by atoms with Gasteiger partial charge in [-0.15, -0.1) is 0 Å². The number of benzene rings is 1. The van der Waals surface area contributed by atoms with Gasteiger partial charge in [0, 0.05) is 12.0 Å². The Labute approximate surface area is 177 Å². The summed E-state index contributed by atoms with van der Waals surface area (Å²) in [7, 11) is 0. The Balaban J connectivity index is 1.50. The maximum atomic E-state index is 14.3. The fourth-order valence-corrected chi connectivity index (χ4v) is 5.78. The van der Waals surface area contributed by atoms with E-state index in [1.165, 1.54) is 69.8 Å². The van der Waals surface area contributed by atoms with Crippen molar-refractivity contribution in [3.63, 3.8) is 0 Å². The fraction of sp³-hybridized carbons (Fsp3) is 0.704. The van der Waals surface area contributed by atoms with Crippen molar-refractivity contribution in [3.05, 3.63) is 41.2 Å². The van der Waals surface area contributed by atoms with Crippen molar-refractivity contribution in [1.29, 1.82) is 0 Å². The van der Waals surface area contributed by atoms with E-state index < -0.39 is 11.7 Å². The second-order valence-electron chi connectivity index (χ2n) is 9.63. The monoisotopic (exact) mass is 402 g/mol. The van der Waals surface area contributed by atoms with E-state index in [0.29, 0.717) is 17.9 Å². The van der Waals surface area contributed by atoms with E-state index in [-0.39, 0.29) is 6.42 Å². The Morgan fingerprint density at radius 2 is 1.38 bits per heavy atom. The molecule has 0 heterocycles. The molecule has 2 fully saturated rings. The molecule has 29 heavy (non-hydrogen) atoms. The van der Waals surface area contributed by atoms with Gasteiger partial charge in [0.2, 0.25) is 0 Å². The van der Waals surface area contributed by atoms with E-state index in [1.54, 1.807) is 12.1 Å². The quantitative estimate of drug-likeness (QED) is 0.406. The first-order valence-corrected chi connectivity index (χ1v) is 12.3. The number of allylic oxidation sites excluding steroid dienone is 1. The summed E-state index contributed by atoms with van der Waals surface area (Å²) in [5, 5.41) is 0. The van der Waals surface area contributed by atoms with E-state index in [2.05, 4.69) is 6.92 Å². The van der Waals surface area contributed by atoms with Gasteiger partial charge in [-0.25, -0.2) is 8.78 Å². The van der Waals surface area contributed by atoms with Crippen molar-refractivity contribution in [2.24, 2.45) is 17.8 Å². The highest BCUT2D eigenvalue weighted by Gasteiger charge is 2.31. The molecule has 3 rings (SSSR count). The highest BCUT2D eigenvalue weighted by Crippen LogP contribution is 2.44. The second kappa shape index (κ2) is 11.3. The third kappa shape index (κ3) is 6.15. The number of halogens is 2. The van der Waals surface area contributed by atoms with Gasteiger partial charge in [-0.1, -0.05) is 70.2 Å². The first-order chi connectivity index (χ1) is 14.1. The molecule has 0 aliphatic heterocycles. The lowest BCUT2D eigenvalue weighted by atomic mass is 9.68. The minimum Gasteiger partial charge on any atom is -0.209 e. The highest BCUT2D eigenvalue weighted by atomic mass is 19.2. The lowest BCUT2D eigenvalue weighted by molar-refractivity contribution is 0.156. The van der Waals surface area contributed by atoms with Crippen LogP contribution in [-0.4, -0.2) is 0 Å². The smallest absolute Gasteiger partial charge is 0.161 e. The molecule has 2 aliphatic rings. The van der Waals surface area contributed by atoms with Crippen molar-refractivity contribution >= 4 is 5.83 Å². The molecule has 0 bridgehead atoms. The Hall–Kier alpha value is -1.18. The van der Waals surface area contributed by atoms with Gasteiger partial charge in [0.15, 0.2) is 5.83 Å². The third-order valence-electron chi connectivity index (χ3n) is 7.65. The second-order valence-corrected chi connectivity index (χ2v) is 9.63. The van der Waals surface area contributed by atoms with E-state index in [1.807, 2.05) is 19.1 Å². The van der Waals surface area contributed by atoms with E-state index in [9.17, 15) is 8.78 Å². The molecule has 162 valence electrons. The molecule has 0 radical (unpaired) electrons. The van der Waals surface area contributed by atoms with Crippen molar-refractivity contribution < 1.29 is 8.78 Å². The third-order valence-corrected chi connectivity index (χ3v) is 7.65. The maximum Gasteiger partial charge on any atom is 0.161 e. The minimum absolute atomic E-state index is 0.203. The van der Waals surface area contributed by atoms with Gasteiger partial charge >= 0.3 is 0 Å². The van der Waals surface area contributed by atoms with Gasteiger partial charge < -0.3 is 0 Å². The summed E-state index contributed by atoms with van der Waals surface area (Å²) >= 11 is 0. The minimum atomic E-state index is -0.674. The zero-order valence-corrected chi connectivity index (χ0v) is 18.6. The Bertz CT molecular complexity index is 629. The first kappa shape index (κ1) is 22.5. The molecule has 0 N–H and O–H groups in total. The van der Waals surface area contributed by atoms with Crippen LogP contribution >= 0.6 is 0 Å². The summed E-state index contributed by atoms with van der Waals surface area (Å²) in [6.07, 6.45) is 15.5. The largest absolute Gasteiger partial charge is 0.209 e. The van der Waals surface area contributed by atoms with E-state index in [4.69, 9.17) is 0 Å². The zero-order chi connectivity index (χ0) is 20.6. The molecule has 2 saturated carbocycles. The molecule has 0 atom stereocenters. The fourth-order valence-electron chi connectivity index (χ4n) is 5.78. The Morgan fingerprint density at radius 1 is 0.793 bits per heavy atom. The van der Waals surface area contributed by atoms with Crippen LogP contribution in [0.25, 0.3) is 5.83 Å². The Kier molecular flexibility index (Phi) is 8.75. The summed E-state index contributed by atoms with van der Waals surface area (Å²) in [6.45, 7) is 4.31. The molecule has 2 aliphatic carbocycles. The molecule has 0 unspecified atom stereocenters. The molecule has 0 saturated heterocycles. The number of hydrogen-bond acceptors (Lipinski definition) is 0. The van der Waals surface area contributed by atoms with Crippen LogP contribution in [0.1, 0.15) is 114 Å². The number of rotatable bonds is 8. The molecular weight excluding hydrogens is 362 g/mol. The van der Waals surface area contributed by atoms with Crippen LogP contribution in [-0.2, 0) is 0 Å². The lowest BCUT2D eigenvalue weighted by Crippen LogP contribution is -2.25. The van der Waals surface area contributed by atoms with Crippen molar-refractivity contribution in [2.45, 2.75) is 103 Å². The average Bonchev–Trinajstić information content (AvgIpc) is 2.78. The van der Waals surface area contributed by atoms with Gasteiger partial charge in [-0.2, -0.15) is 0 Å². The normalized spacial score (nSPS) is 28.8. The van der Waals surface area contributed by atoms with Crippen LogP contribution < -0.4 is 0 Å². The molecule has 0 aromatic heterocycles. The Morgan fingerprint density at radius 3 is 1.93 bits per heavy atom. The summed E-state index contributed by atoms with van der Waals surface area (Å²) in [6, 6.07) is 7.61. The van der Waals surface area contributed by atoms with E-state index in [0.717, 1.165) is 24.2 Å². The van der Waals surface area contributed by atoms with Crippen molar-refractivity contribution in [1.82, 2.24) is 0 Å². The predicted molar refractivity (Wildman–Crippen MR) is 120 cm³/mol.